The Kier molecular flexibility index (Phi) is 6.51. The number of nitrogens with zero attached hydrogens (tertiary/aromatic N) is 4. The summed E-state index contributed by atoms with van der Waals surface area (Å²) in [4.78, 5) is 19.3. The number of aryl methyl sites for hydroxylation is 1. The Morgan fingerprint density at radius 1 is 1.03 bits per heavy atom. The highest BCUT2D eigenvalue weighted by Crippen LogP contribution is 2.43. The van der Waals surface area contributed by atoms with E-state index in [1.54, 1.807) is 23.9 Å². The number of nitrogens with one attached hydrogen (secondary N) is 1. The van der Waals surface area contributed by atoms with Gasteiger partial charge in [-0.15, -0.1) is 0 Å². The second-order valence-electron chi connectivity index (χ2n) is 8.73. The summed E-state index contributed by atoms with van der Waals surface area (Å²) in [5.74, 6) is 0. The van der Waals surface area contributed by atoms with E-state index in [1.807, 2.05) is 24.4 Å². The van der Waals surface area contributed by atoms with E-state index >= 15 is 0 Å². The minimum atomic E-state index is -0.388. The highest BCUT2D eigenvalue weighted by Gasteiger charge is 2.42. The predicted molar refractivity (Wildman–Crippen MR) is 146 cm³/mol. The van der Waals surface area contributed by atoms with E-state index in [9.17, 15) is 10.1 Å². The third-order valence-corrected chi connectivity index (χ3v) is 7.96. The Bertz CT molecular complexity index is 1420. The number of thiocarbonyl (C=S) groups is 1. The molecule has 1 saturated heterocycles. The maximum absolute atomic E-state index is 10.9. The van der Waals surface area contributed by atoms with Gasteiger partial charge in [0.25, 0.3) is 5.69 Å². The van der Waals surface area contributed by atoms with Gasteiger partial charge in [0.2, 0.25) is 0 Å². The largest absolute Gasteiger partial charge is 0.352 e. The van der Waals surface area contributed by atoms with Crippen molar-refractivity contribution in [1.29, 1.82) is 0 Å². The summed E-state index contributed by atoms with van der Waals surface area (Å²) in [6.07, 6.45) is 1.81. The Labute approximate surface area is 219 Å². The molecule has 3 heterocycles. The first kappa shape index (κ1) is 24.0. The lowest BCUT2D eigenvalue weighted by Gasteiger charge is -2.28. The molecule has 0 saturated carbocycles. The van der Waals surface area contributed by atoms with Crippen molar-refractivity contribution in [2.45, 2.75) is 35.7 Å². The average Bonchev–Trinajstić information content (AvgIpc) is 3.36. The molecule has 1 aliphatic rings. The van der Waals surface area contributed by atoms with Crippen molar-refractivity contribution in [3.05, 3.63) is 112 Å². The first-order chi connectivity index (χ1) is 17.3. The summed E-state index contributed by atoms with van der Waals surface area (Å²) in [5.41, 5.74) is 5.62. The number of benzene rings is 2. The van der Waals surface area contributed by atoms with Crippen LogP contribution >= 0.6 is 24.0 Å². The molecule has 36 heavy (non-hydrogen) atoms. The molecule has 4 aromatic rings. The van der Waals surface area contributed by atoms with E-state index in [0.29, 0.717) is 5.11 Å². The molecule has 0 aliphatic carbocycles. The molecule has 2 aromatic carbocycles. The van der Waals surface area contributed by atoms with Crippen LogP contribution in [0.4, 0.5) is 11.4 Å². The Hall–Kier alpha value is -3.69. The monoisotopic (exact) mass is 515 g/mol. The molecule has 0 amide bonds. The Balaban J connectivity index is 1.47. The van der Waals surface area contributed by atoms with Crippen LogP contribution in [0.1, 0.15) is 34.7 Å². The SMILES string of the molecule is Cc1cc([C@@H]2[C@@H](c3ccccn3)NC(=S)N2c2ccc(Sc3ccc([N+](=O)[O-])cc3)cc2)c(C)n1C. The van der Waals surface area contributed by atoms with Crippen LogP contribution in [0.2, 0.25) is 0 Å². The molecule has 9 heteroatoms. The van der Waals surface area contributed by atoms with Gasteiger partial charge in [0, 0.05) is 52.2 Å². The maximum atomic E-state index is 10.9. The van der Waals surface area contributed by atoms with Crippen LogP contribution in [-0.2, 0) is 7.05 Å². The second kappa shape index (κ2) is 9.75. The van der Waals surface area contributed by atoms with E-state index in [2.05, 4.69) is 71.0 Å². The van der Waals surface area contributed by atoms with Crippen molar-refractivity contribution in [3.63, 3.8) is 0 Å². The van der Waals surface area contributed by atoms with Crippen molar-refractivity contribution in [2.24, 2.45) is 7.05 Å². The second-order valence-corrected chi connectivity index (χ2v) is 10.3. The molecule has 0 spiro atoms. The van der Waals surface area contributed by atoms with Gasteiger partial charge in [-0.2, -0.15) is 0 Å². The number of anilines is 1. The molecular weight excluding hydrogens is 490 g/mol. The van der Waals surface area contributed by atoms with Crippen molar-refractivity contribution in [2.75, 3.05) is 4.90 Å². The fourth-order valence-electron chi connectivity index (χ4n) is 4.58. The van der Waals surface area contributed by atoms with Gasteiger partial charge >= 0.3 is 0 Å². The fourth-order valence-corrected chi connectivity index (χ4v) is 5.74. The maximum Gasteiger partial charge on any atom is 0.269 e. The number of rotatable bonds is 6. The molecule has 5 rings (SSSR count). The summed E-state index contributed by atoms with van der Waals surface area (Å²) in [7, 11) is 2.08. The molecule has 1 fully saturated rings. The van der Waals surface area contributed by atoms with Crippen LogP contribution in [0.25, 0.3) is 0 Å². The minimum Gasteiger partial charge on any atom is -0.352 e. The summed E-state index contributed by atoms with van der Waals surface area (Å²) < 4.78 is 2.20. The van der Waals surface area contributed by atoms with Crippen LogP contribution in [0.3, 0.4) is 0 Å². The summed E-state index contributed by atoms with van der Waals surface area (Å²) in [5, 5.41) is 15.1. The van der Waals surface area contributed by atoms with Crippen molar-refractivity contribution in [1.82, 2.24) is 14.9 Å². The topological polar surface area (TPSA) is 76.2 Å². The van der Waals surface area contributed by atoms with E-state index in [-0.39, 0.29) is 22.7 Å². The van der Waals surface area contributed by atoms with Crippen LogP contribution in [0.5, 0.6) is 0 Å². The molecule has 0 radical (unpaired) electrons. The van der Waals surface area contributed by atoms with Crippen LogP contribution in [0.15, 0.2) is 88.8 Å². The van der Waals surface area contributed by atoms with Crippen molar-refractivity contribution < 1.29 is 4.92 Å². The lowest BCUT2D eigenvalue weighted by Crippen LogP contribution is -2.29. The van der Waals surface area contributed by atoms with E-state index in [4.69, 9.17) is 12.2 Å². The summed E-state index contributed by atoms with van der Waals surface area (Å²) in [6, 6.07) is 22.9. The van der Waals surface area contributed by atoms with E-state index in [1.165, 1.54) is 29.1 Å². The zero-order chi connectivity index (χ0) is 25.4. The van der Waals surface area contributed by atoms with Crippen molar-refractivity contribution >= 4 is 40.5 Å². The normalized spacial score (nSPS) is 17.3. The van der Waals surface area contributed by atoms with Crippen molar-refractivity contribution in [3.8, 4) is 0 Å². The lowest BCUT2D eigenvalue weighted by atomic mass is 9.96. The minimum absolute atomic E-state index is 0.0551. The molecular formula is C27H25N5O2S2. The van der Waals surface area contributed by atoms with Gasteiger partial charge in [-0.1, -0.05) is 17.8 Å². The average molecular weight is 516 g/mol. The zero-order valence-corrected chi connectivity index (χ0v) is 21.7. The number of aromatic nitrogens is 2. The molecule has 2 aromatic heterocycles. The van der Waals surface area contributed by atoms with E-state index < -0.39 is 0 Å². The molecule has 0 unspecified atom stereocenters. The highest BCUT2D eigenvalue weighted by atomic mass is 32.2. The van der Waals surface area contributed by atoms with Gasteiger partial charge in [0.05, 0.1) is 22.7 Å². The number of non-ortho nitro benzene ring substituents is 1. The quantitative estimate of drug-likeness (QED) is 0.184. The van der Waals surface area contributed by atoms with Crippen LogP contribution < -0.4 is 10.2 Å². The Morgan fingerprint density at radius 2 is 1.69 bits per heavy atom. The number of hydrogen-bond acceptors (Lipinski definition) is 5. The first-order valence-corrected chi connectivity index (χ1v) is 12.7. The molecule has 182 valence electrons. The zero-order valence-electron chi connectivity index (χ0n) is 20.1. The molecule has 2 atom stereocenters. The Morgan fingerprint density at radius 3 is 2.25 bits per heavy atom. The van der Waals surface area contributed by atoms with Gasteiger partial charge in [-0.05, 0) is 86.2 Å². The fraction of sp³-hybridized carbons (Fsp3) is 0.185. The molecule has 7 nitrogen and oxygen atoms in total. The number of hydrogen-bond donors (Lipinski definition) is 1. The van der Waals surface area contributed by atoms with Crippen LogP contribution in [-0.4, -0.2) is 19.6 Å². The number of nitro groups is 1. The van der Waals surface area contributed by atoms with Gasteiger partial charge < -0.3 is 14.8 Å². The van der Waals surface area contributed by atoms with Gasteiger partial charge in [0.15, 0.2) is 5.11 Å². The van der Waals surface area contributed by atoms with Gasteiger partial charge in [-0.25, -0.2) is 0 Å². The van der Waals surface area contributed by atoms with Gasteiger partial charge in [0.1, 0.15) is 0 Å². The van der Waals surface area contributed by atoms with Gasteiger partial charge in [-0.3, -0.25) is 15.1 Å². The smallest absolute Gasteiger partial charge is 0.269 e. The molecule has 0 bridgehead atoms. The molecule has 1 N–H and O–H groups in total. The predicted octanol–water partition coefficient (Wildman–Crippen LogP) is 6.27. The number of pyridine rings is 1. The molecule has 1 aliphatic heterocycles. The first-order valence-electron chi connectivity index (χ1n) is 11.5. The highest BCUT2D eigenvalue weighted by molar-refractivity contribution is 7.99. The summed E-state index contributed by atoms with van der Waals surface area (Å²) in [6.45, 7) is 4.25. The number of nitro benzene ring substituents is 1. The standard InChI is InChI=1S/C27H25N5O2S2/c1-17-16-23(18(2)30(17)3)26-25(24-6-4-5-15-28-24)29-27(35)31(26)19-7-11-21(12-8-19)36-22-13-9-20(10-14-22)32(33)34/h4-16,25-26H,1-3H3,(H,29,35)/t25-,26-/m1/s1. The van der Waals surface area contributed by atoms with E-state index in [0.717, 1.165) is 21.2 Å². The lowest BCUT2D eigenvalue weighted by molar-refractivity contribution is -0.384. The third-order valence-electron chi connectivity index (χ3n) is 6.63. The third kappa shape index (κ3) is 4.47. The van der Waals surface area contributed by atoms with Crippen LogP contribution in [0, 0.1) is 24.0 Å². The summed E-state index contributed by atoms with van der Waals surface area (Å²) >= 11 is 7.41.